The molecule has 0 aliphatic rings. The summed E-state index contributed by atoms with van der Waals surface area (Å²) in [6, 6.07) is 14.6. The number of carbonyl (C=O) groups excluding carboxylic acids is 1. The first-order valence-electron chi connectivity index (χ1n) is 6.51. The molecule has 0 unspecified atom stereocenters. The van der Waals surface area contributed by atoms with E-state index in [1.165, 1.54) is 23.0 Å². The van der Waals surface area contributed by atoms with Gasteiger partial charge in [-0.25, -0.2) is 4.98 Å². The fourth-order valence-electron chi connectivity index (χ4n) is 2.01. The van der Waals surface area contributed by atoms with Gasteiger partial charge in [-0.3, -0.25) is 4.79 Å². The van der Waals surface area contributed by atoms with E-state index in [1.807, 2.05) is 31.2 Å². The number of aromatic hydroxyl groups is 1. The largest absolute Gasteiger partial charge is 0.507 e. The van der Waals surface area contributed by atoms with E-state index in [-0.39, 0.29) is 11.5 Å². The molecule has 21 heavy (non-hydrogen) atoms. The highest BCUT2D eigenvalue weighted by Gasteiger charge is 2.16. The predicted molar refractivity (Wildman–Crippen MR) is 83.8 cm³/mol. The molecule has 104 valence electrons. The number of benzene rings is 2. The second-order valence-corrected chi connectivity index (χ2v) is 5.77. The van der Waals surface area contributed by atoms with Gasteiger partial charge < -0.3 is 5.11 Å². The van der Waals surface area contributed by atoms with Crippen LogP contribution in [-0.4, -0.2) is 15.9 Å². The molecule has 4 heteroatoms. The van der Waals surface area contributed by atoms with Crippen LogP contribution in [0.1, 0.15) is 20.8 Å². The number of hydrogen-bond acceptors (Lipinski definition) is 4. The molecule has 1 heterocycles. The summed E-state index contributed by atoms with van der Waals surface area (Å²) in [6.45, 7) is 2.03. The minimum absolute atomic E-state index is 0.00668. The van der Waals surface area contributed by atoms with E-state index >= 15 is 0 Å². The zero-order valence-electron chi connectivity index (χ0n) is 11.4. The topological polar surface area (TPSA) is 50.2 Å². The van der Waals surface area contributed by atoms with Crippen LogP contribution in [0.2, 0.25) is 0 Å². The Bertz CT molecular complexity index is 791. The maximum absolute atomic E-state index is 12.4. The van der Waals surface area contributed by atoms with Gasteiger partial charge in [-0.05, 0) is 19.1 Å². The SMILES string of the molecule is Cc1ccc(-c2ncc(C(=O)c3ccccc3O)s2)cc1. The van der Waals surface area contributed by atoms with Crippen LogP contribution >= 0.6 is 11.3 Å². The molecule has 1 N–H and O–H groups in total. The minimum atomic E-state index is -0.205. The summed E-state index contributed by atoms with van der Waals surface area (Å²) >= 11 is 1.33. The molecule has 0 amide bonds. The van der Waals surface area contributed by atoms with E-state index in [1.54, 1.807) is 24.4 Å². The Kier molecular flexibility index (Phi) is 3.54. The van der Waals surface area contributed by atoms with Crippen LogP contribution in [-0.2, 0) is 0 Å². The fourth-order valence-corrected chi connectivity index (χ4v) is 2.88. The lowest BCUT2D eigenvalue weighted by Gasteiger charge is -2.00. The highest BCUT2D eigenvalue weighted by Crippen LogP contribution is 2.28. The zero-order chi connectivity index (χ0) is 14.8. The molecule has 0 aliphatic carbocycles. The second kappa shape index (κ2) is 5.50. The Hall–Kier alpha value is -2.46. The number of nitrogens with zero attached hydrogens (tertiary/aromatic N) is 1. The van der Waals surface area contributed by atoms with E-state index in [0.717, 1.165) is 10.6 Å². The summed E-state index contributed by atoms with van der Waals surface area (Å²) in [5, 5.41) is 10.6. The Balaban J connectivity index is 1.93. The molecule has 0 saturated heterocycles. The van der Waals surface area contributed by atoms with Crippen molar-refractivity contribution in [1.29, 1.82) is 0 Å². The Labute approximate surface area is 126 Å². The number of ketones is 1. The van der Waals surface area contributed by atoms with Gasteiger partial charge in [0.05, 0.1) is 10.4 Å². The Morgan fingerprint density at radius 2 is 1.81 bits per heavy atom. The third-order valence-electron chi connectivity index (χ3n) is 3.18. The number of rotatable bonds is 3. The quantitative estimate of drug-likeness (QED) is 0.741. The number of thiazole rings is 1. The molecule has 0 fully saturated rings. The highest BCUT2D eigenvalue weighted by atomic mass is 32.1. The average molecular weight is 295 g/mol. The van der Waals surface area contributed by atoms with E-state index in [0.29, 0.717) is 10.4 Å². The van der Waals surface area contributed by atoms with Crippen molar-refractivity contribution in [2.45, 2.75) is 6.92 Å². The third kappa shape index (κ3) is 2.71. The van der Waals surface area contributed by atoms with Crippen LogP contribution in [0.5, 0.6) is 5.75 Å². The summed E-state index contributed by atoms with van der Waals surface area (Å²) in [4.78, 5) is 17.2. The van der Waals surface area contributed by atoms with Crippen LogP contribution in [0, 0.1) is 6.92 Å². The lowest BCUT2D eigenvalue weighted by Crippen LogP contribution is -1.98. The van der Waals surface area contributed by atoms with Crippen LogP contribution in [0.4, 0.5) is 0 Å². The first-order valence-corrected chi connectivity index (χ1v) is 7.32. The van der Waals surface area contributed by atoms with Gasteiger partial charge in [0, 0.05) is 11.8 Å². The minimum Gasteiger partial charge on any atom is -0.507 e. The zero-order valence-corrected chi connectivity index (χ0v) is 12.2. The van der Waals surface area contributed by atoms with Crippen molar-refractivity contribution in [1.82, 2.24) is 4.98 Å². The molecule has 0 saturated carbocycles. The monoisotopic (exact) mass is 295 g/mol. The van der Waals surface area contributed by atoms with Crippen molar-refractivity contribution >= 4 is 17.1 Å². The summed E-state index contributed by atoms with van der Waals surface area (Å²) in [5.41, 5.74) is 2.47. The summed E-state index contributed by atoms with van der Waals surface area (Å²) in [7, 11) is 0. The molecule has 0 aliphatic heterocycles. The molecule has 3 aromatic rings. The lowest BCUT2D eigenvalue weighted by molar-refractivity contribution is 0.104. The maximum atomic E-state index is 12.4. The summed E-state index contributed by atoms with van der Waals surface area (Å²) in [5.74, 6) is -0.211. The summed E-state index contributed by atoms with van der Waals surface area (Å²) < 4.78 is 0. The van der Waals surface area contributed by atoms with Crippen LogP contribution in [0.3, 0.4) is 0 Å². The number of para-hydroxylation sites is 1. The van der Waals surface area contributed by atoms with Gasteiger partial charge in [-0.2, -0.15) is 0 Å². The standard InChI is InChI=1S/C17H13NO2S/c1-11-6-8-12(9-7-11)17-18-10-15(21-17)16(20)13-4-2-3-5-14(13)19/h2-10,19H,1H3. The van der Waals surface area contributed by atoms with Crippen molar-refractivity contribution in [2.24, 2.45) is 0 Å². The summed E-state index contributed by atoms with van der Waals surface area (Å²) in [6.07, 6.45) is 1.56. The van der Waals surface area contributed by atoms with Crippen molar-refractivity contribution in [3.63, 3.8) is 0 Å². The van der Waals surface area contributed by atoms with E-state index in [4.69, 9.17) is 0 Å². The number of hydrogen-bond donors (Lipinski definition) is 1. The Morgan fingerprint density at radius 3 is 2.52 bits per heavy atom. The molecular formula is C17H13NO2S. The van der Waals surface area contributed by atoms with Crippen molar-refractivity contribution in [3.05, 3.63) is 70.7 Å². The number of aromatic nitrogens is 1. The first-order chi connectivity index (χ1) is 10.1. The average Bonchev–Trinajstić information content (AvgIpc) is 2.98. The van der Waals surface area contributed by atoms with E-state index in [2.05, 4.69) is 4.98 Å². The number of carbonyl (C=O) groups is 1. The van der Waals surface area contributed by atoms with Gasteiger partial charge in [0.1, 0.15) is 10.8 Å². The van der Waals surface area contributed by atoms with E-state index in [9.17, 15) is 9.90 Å². The van der Waals surface area contributed by atoms with Gasteiger partial charge in [0.2, 0.25) is 5.78 Å². The number of aryl methyl sites for hydroxylation is 1. The molecule has 3 nitrogen and oxygen atoms in total. The van der Waals surface area contributed by atoms with Gasteiger partial charge in [-0.1, -0.05) is 42.0 Å². The highest BCUT2D eigenvalue weighted by molar-refractivity contribution is 7.17. The molecule has 0 radical (unpaired) electrons. The molecule has 0 spiro atoms. The molecule has 0 atom stereocenters. The number of phenols is 1. The van der Waals surface area contributed by atoms with Gasteiger partial charge in [-0.15, -0.1) is 11.3 Å². The lowest BCUT2D eigenvalue weighted by atomic mass is 10.1. The molecular weight excluding hydrogens is 282 g/mol. The smallest absolute Gasteiger partial charge is 0.208 e. The van der Waals surface area contributed by atoms with Gasteiger partial charge >= 0.3 is 0 Å². The van der Waals surface area contributed by atoms with Crippen LogP contribution in [0.15, 0.2) is 54.7 Å². The van der Waals surface area contributed by atoms with Crippen molar-refractivity contribution < 1.29 is 9.90 Å². The molecule has 1 aromatic heterocycles. The fraction of sp³-hybridized carbons (Fsp3) is 0.0588. The van der Waals surface area contributed by atoms with Crippen LogP contribution < -0.4 is 0 Å². The molecule has 2 aromatic carbocycles. The maximum Gasteiger partial charge on any atom is 0.208 e. The molecule has 3 rings (SSSR count). The van der Waals surface area contributed by atoms with Crippen molar-refractivity contribution in [2.75, 3.05) is 0 Å². The second-order valence-electron chi connectivity index (χ2n) is 4.74. The van der Waals surface area contributed by atoms with Gasteiger partial charge in [0.15, 0.2) is 0 Å². The predicted octanol–water partition coefficient (Wildman–Crippen LogP) is 4.06. The van der Waals surface area contributed by atoms with E-state index < -0.39 is 0 Å². The first kappa shape index (κ1) is 13.5. The number of phenolic OH excluding ortho intramolecular Hbond substituents is 1. The third-order valence-corrected chi connectivity index (χ3v) is 4.22. The van der Waals surface area contributed by atoms with Crippen molar-refractivity contribution in [3.8, 4) is 16.3 Å². The van der Waals surface area contributed by atoms with Gasteiger partial charge in [0.25, 0.3) is 0 Å². The van der Waals surface area contributed by atoms with Crippen LogP contribution in [0.25, 0.3) is 10.6 Å². The normalized spacial score (nSPS) is 10.5. The molecule has 0 bridgehead atoms. The Morgan fingerprint density at radius 1 is 1.10 bits per heavy atom.